The van der Waals surface area contributed by atoms with Crippen LogP contribution in [0.3, 0.4) is 0 Å². The molecule has 2 amide bonds. The molecule has 1 atom stereocenters. The molecule has 0 aromatic heterocycles. The first-order valence-electron chi connectivity index (χ1n) is 11.5. The molecule has 1 unspecified atom stereocenters. The highest BCUT2D eigenvalue weighted by Crippen LogP contribution is 2.40. The van der Waals surface area contributed by atoms with Crippen LogP contribution in [0.2, 0.25) is 0 Å². The maximum Gasteiger partial charge on any atom is 0.256 e. The Morgan fingerprint density at radius 1 is 1.23 bits per heavy atom. The third kappa shape index (κ3) is 5.75. The zero-order valence-corrected chi connectivity index (χ0v) is 19.4. The number of rotatable bonds is 5. The number of hydrogen-bond acceptors (Lipinski definition) is 4. The zero-order valence-electron chi connectivity index (χ0n) is 18.6. The molecular formula is C24H34N2O4S. The minimum Gasteiger partial charge on any atom is -0.375 e. The number of carbonyl (C=O) groups is 2. The third-order valence-electron chi connectivity index (χ3n) is 6.73. The van der Waals surface area contributed by atoms with E-state index in [1.54, 1.807) is 13.8 Å². The third-order valence-corrected chi connectivity index (χ3v) is 8.92. The molecule has 3 aliphatic rings. The lowest BCUT2D eigenvalue weighted by molar-refractivity contribution is -0.125. The molecule has 3 fully saturated rings. The molecule has 1 aliphatic carbocycles. The Balaban J connectivity index is 1.32. The van der Waals surface area contributed by atoms with Crippen molar-refractivity contribution in [3.05, 3.63) is 35.4 Å². The average molecular weight is 447 g/mol. The zero-order chi connectivity index (χ0) is 22.1. The second-order valence-electron chi connectivity index (χ2n) is 9.75. The molecule has 4 rings (SSSR count). The smallest absolute Gasteiger partial charge is 0.256 e. The summed E-state index contributed by atoms with van der Waals surface area (Å²) in [5, 5.41) is 3.20. The van der Waals surface area contributed by atoms with Crippen molar-refractivity contribution in [1.29, 1.82) is 0 Å². The molecule has 1 N–H and O–H groups in total. The van der Waals surface area contributed by atoms with Gasteiger partial charge in [0.1, 0.15) is 0 Å². The Labute approximate surface area is 185 Å². The Morgan fingerprint density at radius 3 is 2.65 bits per heavy atom. The minimum absolute atomic E-state index is 0.0483. The number of hydrogen-bond donors (Lipinski definition) is 1. The fourth-order valence-electron chi connectivity index (χ4n) is 4.62. The van der Waals surface area contributed by atoms with Gasteiger partial charge in [0.15, 0.2) is 0 Å². The predicted molar refractivity (Wildman–Crippen MR) is 121 cm³/mol. The van der Waals surface area contributed by atoms with Crippen LogP contribution in [0.1, 0.15) is 69.4 Å². The summed E-state index contributed by atoms with van der Waals surface area (Å²) in [4.78, 5) is 24.6. The number of nitrogens with zero attached hydrogens (tertiary/aromatic N) is 1. The highest BCUT2D eigenvalue weighted by molar-refractivity contribution is 7.93. The van der Waals surface area contributed by atoms with E-state index < -0.39 is 9.73 Å². The van der Waals surface area contributed by atoms with Gasteiger partial charge < -0.3 is 10.1 Å². The molecule has 6 nitrogen and oxygen atoms in total. The predicted octanol–water partition coefficient (Wildman–Crippen LogP) is 3.58. The fraction of sp³-hybridized carbons (Fsp3) is 0.667. The molecule has 2 saturated heterocycles. The lowest BCUT2D eigenvalue weighted by Gasteiger charge is -2.44. The summed E-state index contributed by atoms with van der Waals surface area (Å²) in [7, 11) is -2.49. The second kappa shape index (κ2) is 9.02. The van der Waals surface area contributed by atoms with E-state index in [9.17, 15) is 13.8 Å². The molecule has 1 aromatic carbocycles. The fourth-order valence-corrected chi connectivity index (χ4v) is 6.92. The number of amides is 2. The summed E-state index contributed by atoms with van der Waals surface area (Å²) >= 11 is 0. The lowest BCUT2D eigenvalue weighted by atomic mass is 9.85. The van der Waals surface area contributed by atoms with Crippen LogP contribution >= 0.6 is 0 Å². The van der Waals surface area contributed by atoms with Gasteiger partial charge in [-0.2, -0.15) is 4.36 Å². The number of nitrogens with one attached hydrogen (secondary N) is 1. The monoisotopic (exact) mass is 446 g/mol. The van der Waals surface area contributed by atoms with Crippen molar-refractivity contribution in [3.8, 4) is 0 Å². The lowest BCUT2D eigenvalue weighted by Crippen LogP contribution is -2.52. The molecule has 1 spiro atoms. The van der Waals surface area contributed by atoms with Gasteiger partial charge in [-0.15, -0.1) is 0 Å². The van der Waals surface area contributed by atoms with Crippen LogP contribution in [0.25, 0.3) is 0 Å². The molecule has 1 saturated carbocycles. The summed E-state index contributed by atoms with van der Waals surface area (Å²) in [6.45, 7) is 4.14. The Morgan fingerprint density at radius 2 is 1.97 bits per heavy atom. The van der Waals surface area contributed by atoms with E-state index in [0.717, 1.165) is 18.4 Å². The van der Waals surface area contributed by atoms with E-state index in [1.807, 2.05) is 12.1 Å². The molecule has 1 aromatic rings. The van der Waals surface area contributed by atoms with Gasteiger partial charge in [0, 0.05) is 30.1 Å². The molecule has 2 aliphatic heterocycles. The Hall–Kier alpha value is -1.73. The Kier molecular flexibility index (Phi) is 6.54. The van der Waals surface area contributed by atoms with E-state index in [1.165, 1.54) is 18.4 Å². The first-order valence-corrected chi connectivity index (χ1v) is 13.4. The van der Waals surface area contributed by atoms with Crippen molar-refractivity contribution in [2.75, 3.05) is 18.1 Å². The highest BCUT2D eigenvalue weighted by atomic mass is 32.2. The van der Waals surface area contributed by atoms with Gasteiger partial charge in [-0.1, -0.05) is 38.1 Å². The standard InChI is InChI=1S/C24H34N2O4S/c1-17(2)23(28)26-31(29)12-9-24(10-13-31)16-21(8-11-30-24)25-22(27)15-18-4-3-5-20(14-18)19-6-7-19/h3-5,14,17,19,21H,6-13,15-16H2,1-2H3,(H,25,27). The first kappa shape index (κ1) is 22.5. The maximum atomic E-state index is 13.0. The van der Waals surface area contributed by atoms with Crippen LogP contribution in [0.4, 0.5) is 0 Å². The van der Waals surface area contributed by atoms with Crippen LogP contribution in [-0.2, 0) is 30.5 Å². The van der Waals surface area contributed by atoms with E-state index in [-0.39, 0.29) is 29.4 Å². The van der Waals surface area contributed by atoms with Gasteiger partial charge in [0.2, 0.25) is 5.91 Å². The van der Waals surface area contributed by atoms with Crippen LogP contribution in [0, 0.1) is 5.92 Å². The molecule has 0 radical (unpaired) electrons. The Bertz CT molecular complexity index is 946. The van der Waals surface area contributed by atoms with E-state index >= 15 is 0 Å². The summed E-state index contributed by atoms with van der Waals surface area (Å²) in [5.74, 6) is 1.00. The van der Waals surface area contributed by atoms with Gasteiger partial charge in [-0.25, -0.2) is 4.21 Å². The summed E-state index contributed by atoms with van der Waals surface area (Å²) in [6.07, 6.45) is 5.67. The van der Waals surface area contributed by atoms with Crippen LogP contribution in [0.15, 0.2) is 28.6 Å². The van der Waals surface area contributed by atoms with E-state index in [0.29, 0.717) is 43.3 Å². The molecule has 170 valence electrons. The normalized spacial score (nSPS) is 30.9. The van der Waals surface area contributed by atoms with Crippen molar-refractivity contribution >= 4 is 21.5 Å². The van der Waals surface area contributed by atoms with Crippen LogP contribution < -0.4 is 5.32 Å². The number of ether oxygens (including phenoxy) is 1. The van der Waals surface area contributed by atoms with Crippen LogP contribution in [-0.4, -0.2) is 45.8 Å². The minimum atomic E-state index is -2.49. The summed E-state index contributed by atoms with van der Waals surface area (Å²) in [5.41, 5.74) is 2.05. The largest absolute Gasteiger partial charge is 0.375 e. The van der Waals surface area contributed by atoms with Gasteiger partial charge in [0.25, 0.3) is 5.91 Å². The molecule has 2 heterocycles. The maximum absolute atomic E-state index is 13.0. The van der Waals surface area contributed by atoms with E-state index in [4.69, 9.17) is 4.74 Å². The van der Waals surface area contributed by atoms with Crippen LogP contribution in [0.5, 0.6) is 0 Å². The highest BCUT2D eigenvalue weighted by Gasteiger charge is 2.42. The summed E-state index contributed by atoms with van der Waals surface area (Å²) in [6, 6.07) is 8.47. The quantitative estimate of drug-likeness (QED) is 0.749. The number of carbonyl (C=O) groups excluding carboxylic acids is 2. The first-order chi connectivity index (χ1) is 14.8. The van der Waals surface area contributed by atoms with Gasteiger partial charge in [-0.3, -0.25) is 9.59 Å². The molecule has 7 heteroatoms. The van der Waals surface area contributed by atoms with E-state index in [2.05, 4.69) is 21.8 Å². The van der Waals surface area contributed by atoms with Gasteiger partial charge >= 0.3 is 0 Å². The molecule has 0 bridgehead atoms. The van der Waals surface area contributed by atoms with Crippen molar-refractivity contribution in [1.82, 2.24) is 5.32 Å². The van der Waals surface area contributed by atoms with Crippen molar-refractivity contribution < 1.29 is 18.5 Å². The SMILES string of the molecule is CC(C)C(=O)N=S1(=O)CCC2(CC1)CC(NC(=O)Cc1cccc(C3CC3)c1)CCO2. The topological polar surface area (TPSA) is 84.8 Å². The summed E-state index contributed by atoms with van der Waals surface area (Å²) < 4.78 is 23.2. The van der Waals surface area contributed by atoms with Crippen molar-refractivity contribution in [3.63, 3.8) is 0 Å². The molecular weight excluding hydrogens is 412 g/mol. The number of benzene rings is 1. The van der Waals surface area contributed by atoms with Crippen molar-refractivity contribution in [2.24, 2.45) is 10.3 Å². The van der Waals surface area contributed by atoms with Gasteiger partial charge in [0.05, 0.1) is 21.8 Å². The second-order valence-corrected chi connectivity index (χ2v) is 12.3. The average Bonchev–Trinajstić information content (AvgIpc) is 3.56. The van der Waals surface area contributed by atoms with Gasteiger partial charge in [-0.05, 0) is 55.6 Å². The van der Waals surface area contributed by atoms with Crippen molar-refractivity contribution in [2.45, 2.75) is 76.4 Å². The molecule has 31 heavy (non-hydrogen) atoms.